The molecule has 0 amide bonds. The fourth-order valence-electron chi connectivity index (χ4n) is 3.51. The number of nitrogens with one attached hydrogen (secondary N) is 1. The van der Waals surface area contributed by atoms with E-state index in [0.29, 0.717) is 16.3 Å². The van der Waals surface area contributed by atoms with Crippen LogP contribution in [0, 0.1) is 6.92 Å². The Bertz CT molecular complexity index is 1170. The Balaban J connectivity index is 1.69. The standard InChI is InChI=1S/C22H22ClN3O3S/c1-15-18(23)8-4-10-21(15)30(27,28)26-20-12-17-7-2-3-9-19(17)25-22(20)29-14-16-6-5-11-24-13-16/h4-6,8,10-13,26H,2-3,7,9,14H2,1H3. The summed E-state index contributed by atoms with van der Waals surface area (Å²) in [5.74, 6) is 0.266. The molecule has 0 atom stereocenters. The maximum Gasteiger partial charge on any atom is 0.262 e. The predicted molar refractivity (Wildman–Crippen MR) is 116 cm³/mol. The van der Waals surface area contributed by atoms with E-state index in [9.17, 15) is 8.42 Å². The molecule has 156 valence electrons. The van der Waals surface area contributed by atoms with E-state index in [1.165, 1.54) is 6.07 Å². The molecule has 1 N–H and O–H groups in total. The van der Waals surface area contributed by atoms with Crippen LogP contribution in [0.2, 0.25) is 5.02 Å². The lowest BCUT2D eigenvalue weighted by Crippen LogP contribution is -2.17. The molecular formula is C22H22ClN3O3S. The van der Waals surface area contributed by atoms with Gasteiger partial charge in [0, 0.05) is 28.7 Å². The molecule has 1 aromatic carbocycles. The monoisotopic (exact) mass is 443 g/mol. The molecular weight excluding hydrogens is 422 g/mol. The third-order valence-electron chi connectivity index (χ3n) is 5.12. The molecule has 0 saturated heterocycles. The van der Waals surface area contributed by atoms with Gasteiger partial charge in [-0.2, -0.15) is 0 Å². The van der Waals surface area contributed by atoms with Crippen molar-refractivity contribution in [3.63, 3.8) is 0 Å². The molecule has 3 aromatic rings. The molecule has 0 spiro atoms. The fourth-order valence-corrected chi connectivity index (χ4v) is 5.06. The number of nitrogens with zero attached hydrogens (tertiary/aromatic N) is 2. The highest BCUT2D eigenvalue weighted by Gasteiger charge is 2.23. The van der Waals surface area contributed by atoms with Gasteiger partial charge in [-0.3, -0.25) is 9.71 Å². The van der Waals surface area contributed by atoms with Crippen molar-refractivity contribution in [1.29, 1.82) is 0 Å². The van der Waals surface area contributed by atoms with Crippen LogP contribution in [-0.4, -0.2) is 18.4 Å². The van der Waals surface area contributed by atoms with E-state index < -0.39 is 10.0 Å². The van der Waals surface area contributed by atoms with Gasteiger partial charge in [-0.15, -0.1) is 0 Å². The van der Waals surface area contributed by atoms with Gasteiger partial charge < -0.3 is 4.74 Å². The average molecular weight is 444 g/mol. The largest absolute Gasteiger partial charge is 0.471 e. The van der Waals surface area contributed by atoms with Crippen LogP contribution in [0.5, 0.6) is 5.88 Å². The van der Waals surface area contributed by atoms with Crippen LogP contribution in [-0.2, 0) is 29.5 Å². The Morgan fingerprint density at radius 2 is 2.00 bits per heavy atom. The summed E-state index contributed by atoms with van der Waals surface area (Å²) in [5, 5.41) is 0.398. The minimum atomic E-state index is -3.87. The summed E-state index contributed by atoms with van der Waals surface area (Å²) in [4.78, 5) is 8.86. The van der Waals surface area contributed by atoms with Crippen LogP contribution in [0.25, 0.3) is 0 Å². The van der Waals surface area contributed by atoms with Crippen molar-refractivity contribution in [1.82, 2.24) is 9.97 Å². The Hall–Kier alpha value is -2.64. The number of hydrogen-bond donors (Lipinski definition) is 1. The van der Waals surface area contributed by atoms with Crippen molar-refractivity contribution in [3.05, 3.63) is 76.2 Å². The molecule has 0 bridgehead atoms. The Morgan fingerprint density at radius 1 is 1.17 bits per heavy atom. The number of pyridine rings is 2. The number of fused-ring (bicyclic) bond motifs is 1. The molecule has 2 aromatic heterocycles. The first-order chi connectivity index (χ1) is 14.4. The summed E-state index contributed by atoms with van der Waals surface area (Å²) in [6.07, 6.45) is 7.25. The van der Waals surface area contributed by atoms with Crippen molar-refractivity contribution < 1.29 is 13.2 Å². The minimum Gasteiger partial charge on any atom is -0.471 e. The van der Waals surface area contributed by atoms with E-state index in [0.717, 1.165) is 42.5 Å². The van der Waals surface area contributed by atoms with E-state index in [1.54, 1.807) is 31.5 Å². The highest BCUT2D eigenvalue weighted by molar-refractivity contribution is 7.92. The van der Waals surface area contributed by atoms with E-state index >= 15 is 0 Å². The van der Waals surface area contributed by atoms with E-state index in [-0.39, 0.29) is 17.4 Å². The summed E-state index contributed by atoms with van der Waals surface area (Å²) in [6, 6.07) is 10.4. The van der Waals surface area contributed by atoms with Gasteiger partial charge in [-0.25, -0.2) is 13.4 Å². The molecule has 8 heteroatoms. The molecule has 2 heterocycles. The second-order valence-corrected chi connectivity index (χ2v) is 9.33. The normalized spacial score (nSPS) is 13.5. The van der Waals surface area contributed by atoms with Crippen molar-refractivity contribution in [3.8, 4) is 5.88 Å². The number of aryl methyl sites for hydroxylation is 2. The second-order valence-electron chi connectivity index (χ2n) is 7.27. The fraction of sp³-hybridized carbons (Fsp3) is 0.273. The van der Waals surface area contributed by atoms with Crippen LogP contribution < -0.4 is 9.46 Å². The number of halogens is 1. The molecule has 1 aliphatic carbocycles. The van der Waals surface area contributed by atoms with Gasteiger partial charge in [0.2, 0.25) is 5.88 Å². The zero-order valence-corrected chi connectivity index (χ0v) is 18.1. The summed E-state index contributed by atoms with van der Waals surface area (Å²) in [6.45, 7) is 1.92. The Labute approximate surface area is 181 Å². The zero-order valence-electron chi connectivity index (χ0n) is 16.6. The van der Waals surface area contributed by atoms with Crippen molar-refractivity contribution >= 4 is 27.3 Å². The average Bonchev–Trinajstić information content (AvgIpc) is 2.74. The van der Waals surface area contributed by atoms with Crippen molar-refractivity contribution in [2.75, 3.05) is 4.72 Å². The number of sulfonamides is 1. The molecule has 0 aliphatic heterocycles. The lowest BCUT2D eigenvalue weighted by molar-refractivity contribution is 0.294. The number of benzene rings is 1. The van der Waals surface area contributed by atoms with Gasteiger partial charge >= 0.3 is 0 Å². The molecule has 0 unspecified atom stereocenters. The second kappa shape index (κ2) is 8.62. The maximum absolute atomic E-state index is 13.1. The minimum absolute atomic E-state index is 0.130. The van der Waals surface area contributed by atoms with Crippen LogP contribution in [0.4, 0.5) is 5.69 Å². The van der Waals surface area contributed by atoms with Gasteiger partial charge in [0.1, 0.15) is 12.3 Å². The number of aromatic nitrogens is 2. The third-order valence-corrected chi connectivity index (χ3v) is 7.04. The van der Waals surface area contributed by atoms with Crippen molar-refractivity contribution in [2.24, 2.45) is 0 Å². The first-order valence-electron chi connectivity index (χ1n) is 9.76. The highest BCUT2D eigenvalue weighted by atomic mass is 35.5. The van der Waals surface area contributed by atoms with Crippen LogP contribution in [0.1, 0.15) is 35.2 Å². The van der Waals surface area contributed by atoms with Gasteiger partial charge in [0.25, 0.3) is 10.0 Å². The van der Waals surface area contributed by atoms with Crippen LogP contribution >= 0.6 is 11.6 Å². The predicted octanol–water partition coefficient (Wildman–Crippen LogP) is 4.70. The molecule has 4 rings (SSSR count). The first kappa shape index (κ1) is 20.6. The topological polar surface area (TPSA) is 81.2 Å². The first-order valence-corrected chi connectivity index (χ1v) is 11.6. The molecule has 1 aliphatic rings. The van der Waals surface area contributed by atoms with E-state index in [1.807, 2.05) is 18.2 Å². The number of rotatable bonds is 6. The van der Waals surface area contributed by atoms with Crippen LogP contribution in [0.15, 0.2) is 53.7 Å². The van der Waals surface area contributed by atoms with E-state index in [2.05, 4.69) is 14.7 Å². The SMILES string of the molecule is Cc1c(Cl)cccc1S(=O)(=O)Nc1cc2c(nc1OCc1cccnc1)CCCC2. The Morgan fingerprint density at radius 3 is 2.80 bits per heavy atom. The van der Waals surface area contributed by atoms with E-state index in [4.69, 9.17) is 16.3 Å². The molecule has 30 heavy (non-hydrogen) atoms. The smallest absolute Gasteiger partial charge is 0.262 e. The Kier molecular flexibility index (Phi) is 5.92. The lowest BCUT2D eigenvalue weighted by Gasteiger charge is -2.20. The van der Waals surface area contributed by atoms with Gasteiger partial charge in [0.05, 0.1) is 4.90 Å². The lowest BCUT2D eigenvalue weighted by atomic mass is 9.96. The molecule has 0 radical (unpaired) electrons. The molecule has 0 saturated carbocycles. The third kappa shape index (κ3) is 4.42. The maximum atomic E-state index is 13.1. The summed E-state index contributed by atoms with van der Waals surface area (Å²) >= 11 is 6.13. The van der Waals surface area contributed by atoms with Gasteiger partial charge in [-0.05, 0) is 68.0 Å². The summed E-state index contributed by atoms with van der Waals surface area (Å²) < 4.78 is 34.8. The number of ether oxygens (including phenoxy) is 1. The highest BCUT2D eigenvalue weighted by Crippen LogP contribution is 2.33. The van der Waals surface area contributed by atoms with Gasteiger partial charge in [-0.1, -0.05) is 23.7 Å². The van der Waals surface area contributed by atoms with Crippen molar-refractivity contribution in [2.45, 2.75) is 44.1 Å². The number of hydrogen-bond acceptors (Lipinski definition) is 5. The molecule has 6 nitrogen and oxygen atoms in total. The summed E-state index contributed by atoms with van der Waals surface area (Å²) in [7, 11) is -3.87. The van der Waals surface area contributed by atoms with Crippen LogP contribution in [0.3, 0.4) is 0 Å². The zero-order chi connectivity index (χ0) is 21.1. The molecule has 0 fully saturated rings. The van der Waals surface area contributed by atoms with Gasteiger partial charge in [0.15, 0.2) is 0 Å². The number of anilines is 1. The summed E-state index contributed by atoms with van der Waals surface area (Å²) in [5.41, 5.74) is 3.71. The quantitative estimate of drug-likeness (QED) is 0.597.